The van der Waals surface area contributed by atoms with Crippen LogP contribution in [0.15, 0.2) is 67.4 Å². The first kappa shape index (κ1) is 16.9. The van der Waals surface area contributed by atoms with Crippen LogP contribution >= 0.6 is 0 Å². The van der Waals surface area contributed by atoms with Crippen molar-refractivity contribution in [3.05, 3.63) is 95.2 Å². The Morgan fingerprint density at radius 1 is 1.07 bits per heavy atom. The quantitative estimate of drug-likeness (QED) is 0.608. The average Bonchev–Trinajstić information content (AvgIpc) is 3.10. The van der Waals surface area contributed by atoms with E-state index < -0.39 is 0 Å². The van der Waals surface area contributed by atoms with Gasteiger partial charge in [0.2, 0.25) is 0 Å². The normalized spacial score (nSPS) is 12.1. The Morgan fingerprint density at radius 3 is 2.63 bits per heavy atom. The number of carbonyl (C=O) groups excluding carboxylic acids is 1. The highest BCUT2D eigenvalue weighted by Gasteiger charge is 2.22. The molecule has 0 fully saturated rings. The molecule has 0 aliphatic rings. The number of fused-ring (bicyclic) bond motifs is 1. The first-order valence-corrected chi connectivity index (χ1v) is 8.70. The van der Waals surface area contributed by atoms with Gasteiger partial charge in [0, 0.05) is 24.8 Å². The molecule has 0 bridgehead atoms. The summed E-state index contributed by atoms with van der Waals surface area (Å²) in [6, 6.07) is 11.6. The van der Waals surface area contributed by atoms with Crippen molar-refractivity contribution in [3.8, 4) is 0 Å². The monoisotopic (exact) mass is 357 g/mol. The average molecular weight is 357 g/mol. The largest absolute Gasteiger partial charge is 0.341 e. The van der Waals surface area contributed by atoms with Gasteiger partial charge in [0.25, 0.3) is 5.91 Å². The van der Waals surface area contributed by atoms with E-state index in [1.54, 1.807) is 29.3 Å². The molecule has 0 aliphatic carbocycles. The van der Waals surface area contributed by atoms with E-state index in [1.807, 2.05) is 56.4 Å². The number of pyridine rings is 1. The third kappa shape index (κ3) is 3.29. The number of hydrogen-bond donors (Lipinski definition) is 1. The van der Waals surface area contributed by atoms with Crippen LogP contribution in [0.5, 0.6) is 0 Å². The predicted molar refractivity (Wildman–Crippen MR) is 102 cm³/mol. The van der Waals surface area contributed by atoms with Gasteiger partial charge in [-0.25, -0.2) is 9.50 Å². The number of nitrogens with zero attached hydrogens (tertiary/aromatic N) is 4. The van der Waals surface area contributed by atoms with Crippen molar-refractivity contribution in [2.45, 2.75) is 19.9 Å². The van der Waals surface area contributed by atoms with Gasteiger partial charge in [-0.1, -0.05) is 24.3 Å². The number of amides is 1. The van der Waals surface area contributed by atoms with Crippen LogP contribution in [0.2, 0.25) is 0 Å². The summed E-state index contributed by atoms with van der Waals surface area (Å²) in [6.45, 7) is 3.97. The molecule has 0 saturated heterocycles. The van der Waals surface area contributed by atoms with E-state index in [4.69, 9.17) is 0 Å². The van der Waals surface area contributed by atoms with E-state index in [9.17, 15) is 4.79 Å². The zero-order valence-electron chi connectivity index (χ0n) is 15.1. The molecule has 0 unspecified atom stereocenters. The molecule has 3 aromatic heterocycles. The minimum absolute atomic E-state index is 0.216. The first-order chi connectivity index (χ1) is 13.1. The van der Waals surface area contributed by atoms with E-state index in [0.717, 1.165) is 22.3 Å². The van der Waals surface area contributed by atoms with E-state index in [0.29, 0.717) is 11.2 Å². The topological polar surface area (TPSA) is 72.2 Å². The maximum atomic E-state index is 13.1. The second-order valence-electron chi connectivity index (χ2n) is 6.50. The van der Waals surface area contributed by atoms with E-state index in [2.05, 4.69) is 20.4 Å². The molecular formula is C21H19N5O. The van der Waals surface area contributed by atoms with Crippen LogP contribution in [0.3, 0.4) is 0 Å². The molecule has 1 N–H and O–H groups in total. The van der Waals surface area contributed by atoms with Gasteiger partial charge in [-0.05, 0) is 48.2 Å². The van der Waals surface area contributed by atoms with E-state index in [1.165, 1.54) is 0 Å². The molecule has 27 heavy (non-hydrogen) atoms. The van der Waals surface area contributed by atoms with Crippen molar-refractivity contribution < 1.29 is 4.79 Å². The summed E-state index contributed by atoms with van der Waals surface area (Å²) >= 11 is 0. The maximum Gasteiger partial charge on any atom is 0.257 e. The number of benzene rings is 1. The summed E-state index contributed by atoms with van der Waals surface area (Å²) in [5, 5.41) is 7.39. The smallest absolute Gasteiger partial charge is 0.257 e. The Bertz CT molecular complexity index is 1100. The number of hydrogen-bond acceptors (Lipinski definition) is 4. The van der Waals surface area contributed by atoms with Crippen LogP contribution in [-0.2, 0) is 0 Å². The van der Waals surface area contributed by atoms with Gasteiger partial charge in [-0.2, -0.15) is 5.10 Å². The Labute approximate surface area is 156 Å². The molecule has 4 rings (SSSR count). The van der Waals surface area contributed by atoms with Gasteiger partial charge in [0.1, 0.15) is 5.56 Å². The molecule has 0 radical (unpaired) electrons. The number of aryl methyl sites for hydroxylation is 2. The Balaban J connectivity index is 1.73. The Morgan fingerprint density at radius 2 is 1.85 bits per heavy atom. The number of rotatable bonds is 4. The molecule has 134 valence electrons. The van der Waals surface area contributed by atoms with Crippen LogP contribution in [0.4, 0.5) is 0 Å². The molecule has 1 aromatic carbocycles. The van der Waals surface area contributed by atoms with Crippen molar-refractivity contribution in [3.63, 3.8) is 0 Å². The van der Waals surface area contributed by atoms with Crippen LogP contribution in [0, 0.1) is 13.8 Å². The van der Waals surface area contributed by atoms with Crippen molar-refractivity contribution in [1.82, 2.24) is 24.9 Å². The van der Waals surface area contributed by atoms with Gasteiger partial charge in [0.05, 0.1) is 12.2 Å². The molecule has 1 atom stereocenters. The zero-order valence-corrected chi connectivity index (χ0v) is 15.1. The predicted octanol–water partition coefficient (Wildman–Crippen LogP) is 3.26. The summed E-state index contributed by atoms with van der Waals surface area (Å²) in [7, 11) is 0. The van der Waals surface area contributed by atoms with Gasteiger partial charge in [-0.15, -0.1) is 0 Å². The Kier molecular flexibility index (Phi) is 4.38. The summed E-state index contributed by atoms with van der Waals surface area (Å²) in [4.78, 5) is 21.5. The standard InChI is InChI=1S/C21H19N5O/c1-14-11-23-20-18(12-24-26(20)13-14)21(27)25-19(16-7-9-22-10-8-16)17-6-4-3-5-15(17)2/h3-13,19H,1-2H3,(H,25,27)/t19-/m0/s1. The SMILES string of the molecule is Cc1cnc2c(C(=O)N[C@@H](c3ccncc3)c3ccccc3C)cnn2c1. The van der Waals surface area contributed by atoms with Gasteiger partial charge < -0.3 is 5.32 Å². The third-order valence-electron chi connectivity index (χ3n) is 4.54. The molecule has 0 saturated carbocycles. The highest BCUT2D eigenvalue weighted by Crippen LogP contribution is 2.25. The highest BCUT2D eigenvalue weighted by atomic mass is 16.1. The minimum Gasteiger partial charge on any atom is -0.341 e. The van der Waals surface area contributed by atoms with E-state index >= 15 is 0 Å². The summed E-state index contributed by atoms with van der Waals surface area (Å²) in [6.07, 6.45) is 8.59. The molecule has 3 heterocycles. The van der Waals surface area contributed by atoms with Crippen LogP contribution < -0.4 is 5.32 Å². The zero-order chi connectivity index (χ0) is 18.8. The first-order valence-electron chi connectivity index (χ1n) is 8.70. The molecular weight excluding hydrogens is 338 g/mol. The molecule has 6 nitrogen and oxygen atoms in total. The van der Waals surface area contributed by atoms with Gasteiger partial charge in [0.15, 0.2) is 5.65 Å². The second-order valence-corrected chi connectivity index (χ2v) is 6.50. The van der Waals surface area contributed by atoms with Crippen molar-refractivity contribution in [2.75, 3.05) is 0 Å². The summed E-state index contributed by atoms with van der Waals surface area (Å²) < 4.78 is 1.62. The lowest BCUT2D eigenvalue weighted by atomic mass is 9.95. The molecule has 0 spiro atoms. The Hall–Kier alpha value is -3.54. The van der Waals surface area contributed by atoms with Gasteiger partial charge in [-0.3, -0.25) is 9.78 Å². The number of nitrogens with one attached hydrogen (secondary N) is 1. The molecule has 1 amide bonds. The lowest BCUT2D eigenvalue weighted by Crippen LogP contribution is -2.29. The fourth-order valence-corrected chi connectivity index (χ4v) is 3.14. The van der Waals surface area contributed by atoms with Crippen molar-refractivity contribution in [1.29, 1.82) is 0 Å². The maximum absolute atomic E-state index is 13.1. The lowest BCUT2D eigenvalue weighted by molar-refractivity contribution is 0.0944. The highest BCUT2D eigenvalue weighted by molar-refractivity contribution is 6.00. The number of carbonyl (C=O) groups is 1. The minimum atomic E-state index is -0.290. The van der Waals surface area contributed by atoms with Crippen molar-refractivity contribution in [2.24, 2.45) is 0 Å². The van der Waals surface area contributed by atoms with Gasteiger partial charge >= 0.3 is 0 Å². The fourth-order valence-electron chi connectivity index (χ4n) is 3.14. The summed E-state index contributed by atoms with van der Waals surface area (Å²) in [5.41, 5.74) is 5.07. The molecule has 0 aliphatic heterocycles. The second kappa shape index (κ2) is 6.99. The van der Waals surface area contributed by atoms with Crippen molar-refractivity contribution >= 4 is 11.6 Å². The van der Waals surface area contributed by atoms with Crippen LogP contribution in [-0.4, -0.2) is 25.5 Å². The molecule has 4 aromatic rings. The van der Waals surface area contributed by atoms with Crippen LogP contribution in [0.25, 0.3) is 5.65 Å². The van der Waals surface area contributed by atoms with E-state index in [-0.39, 0.29) is 11.9 Å². The molecule has 6 heteroatoms. The fraction of sp³-hybridized carbons (Fsp3) is 0.143. The third-order valence-corrected chi connectivity index (χ3v) is 4.54. The van der Waals surface area contributed by atoms with Crippen LogP contribution in [0.1, 0.15) is 38.7 Å². The summed E-state index contributed by atoms with van der Waals surface area (Å²) in [5.74, 6) is -0.216. The number of aromatic nitrogens is 4. The lowest BCUT2D eigenvalue weighted by Gasteiger charge is -2.21.